The van der Waals surface area contributed by atoms with E-state index in [-0.39, 0.29) is 11.7 Å². The number of nitrogens with two attached hydrogens (primary N) is 1. The van der Waals surface area contributed by atoms with Gasteiger partial charge in [0.1, 0.15) is 0 Å². The average Bonchev–Trinajstić information content (AvgIpc) is 2.75. The Kier molecular flexibility index (Phi) is 3.21. The molecule has 2 aromatic rings. The Morgan fingerprint density at radius 2 is 2.19 bits per heavy atom. The van der Waals surface area contributed by atoms with Gasteiger partial charge < -0.3 is 5.73 Å². The molecule has 5 nitrogen and oxygen atoms in total. The summed E-state index contributed by atoms with van der Waals surface area (Å²) in [6, 6.07) is 9.72. The Balaban J connectivity index is 2.23. The predicted octanol–water partition coefficient (Wildman–Crippen LogP) is 0.264. The molecule has 1 amide bonds. The van der Waals surface area contributed by atoms with Crippen molar-refractivity contribution in [2.24, 2.45) is 5.73 Å². The summed E-state index contributed by atoms with van der Waals surface area (Å²) < 4.78 is 1.80. The van der Waals surface area contributed by atoms with Gasteiger partial charge in [-0.15, -0.1) is 4.68 Å². The van der Waals surface area contributed by atoms with Gasteiger partial charge in [-0.2, -0.15) is 5.10 Å². The van der Waals surface area contributed by atoms with Gasteiger partial charge in [0, 0.05) is 0 Å². The summed E-state index contributed by atoms with van der Waals surface area (Å²) in [6.45, 7) is 0. The number of thioether (sulfide) groups is 1. The fourth-order valence-corrected chi connectivity index (χ4v) is 1.94. The van der Waals surface area contributed by atoms with E-state index in [4.69, 9.17) is 5.73 Å². The van der Waals surface area contributed by atoms with Crippen LogP contribution in [0.4, 0.5) is 0 Å². The Hall–Kier alpha value is -1.82. The van der Waals surface area contributed by atoms with E-state index in [0.29, 0.717) is 5.16 Å². The molecule has 2 rings (SSSR count). The summed E-state index contributed by atoms with van der Waals surface area (Å²) >= 11 is 1.30. The first-order valence-corrected chi connectivity index (χ1v) is 5.68. The Morgan fingerprint density at radius 3 is 2.88 bits per heavy atom. The second kappa shape index (κ2) is 4.80. The van der Waals surface area contributed by atoms with Gasteiger partial charge in [0.25, 0.3) is 0 Å². The smallest absolute Gasteiger partial charge is 0.369 e. The molecule has 0 fully saturated rings. The first kappa shape index (κ1) is 10.7. The lowest BCUT2D eigenvalue weighted by atomic mass is 10.3. The van der Waals surface area contributed by atoms with Crippen LogP contribution in [0.15, 0.2) is 41.8 Å². The number of nitrogens with one attached hydrogen (secondary N) is 1. The lowest BCUT2D eigenvalue weighted by Crippen LogP contribution is -2.35. The molecule has 16 heavy (non-hydrogen) atoms. The van der Waals surface area contributed by atoms with Crippen molar-refractivity contribution in [3.05, 3.63) is 36.7 Å². The topological polar surface area (TPSA) is 75.7 Å². The quantitative estimate of drug-likeness (QED) is 0.589. The van der Waals surface area contributed by atoms with Crippen LogP contribution in [0.1, 0.15) is 0 Å². The van der Waals surface area contributed by atoms with Crippen molar-refractivity contribution in [2.75, 3.05) is 5.75 Å². The highest BCUT2D eigenvalue weighted by Gasteiger charge is 2.17. The highest BCUT2D eigenvalue weighted by atomic mass is 32.2. The van der Waals surface area contributed by atoms with Gasteiger partial charge in [-0.05, 0) is 28.9 Å². The molecule has 1 aromatic heterocycles. The maximum Gasteiger partial charge on any atom is 0.385 e. The summed E-state index contributed by atoms with van der Waals surface area (Å²) in [5, 5.41) is 3.69. The van der Waals surface area contributed by atoms with Gasteiger partial charge in [-0.1, -0.05) is 18.2 Å². The molecule has 0 aliphatic carbocycles. The zero-order valence-electron chi connectivity index (χ0n) is 8.46. The zero-order valence-corrected chi connectivity index (χ0v) is 9.28. The average molecular weight is 235 g/mol. The Bertz CT molecular complexity index is 483. The van der Waals surface area contributed by atoms with Crippen LogP contribution in [0.3, 0.4) is 0 Å². The molecule has 6 heteroatoms. The Morgan fingerprint density at radius 1 is 1.44 bits per heavy atom. The minimum absolute atomic E-state index is 0.220. The van der Waals surface area contributed by atoms with Crippen molar-refractivity contribution < 1.29 is 9.48 Å². The number of nitrogens with zero attached hydrogens (tertiary/aromatic N) is 2. The van der Waals surface area contributed by atoms with Crippen LogP contribution >= 0.6 is 11.8 Å². The highest BCUT2D eigenvalue weighted by molar-refractivity contribution is 7.99. The number of rotatable bonds is 4. The number of para-hydroxylation sites is 1. The number of carbonyl (C=O) groups excluding carboxylic acids is 1. The summed E-state index contributed by atoms with van der Waals surface area (Å²) in [4.78, 5) is 14.8. The number of H-pyrrole nitrogens is 1. The summed E-state index contributed by atoms with van der Waals surface area (Å²) in [5.41, 5.74) is 6.06. The van der Waals surface area contributed by atoms with Crippen molar-refractivity contribution in [2.45, 2.75) is 5.16 Å². The number of primary amides is 1. The molecule has 82 valence electrons. The molecular formula is C10H11N4OS+. The van der Waals surface area contributed by atoms with E-state index in [9.17, 15) is 4.79 Å². The standard InChI is InChI=1S/C10H10N4OS/c11-9(15)6-16-10-12-7-13-14(10)8-4-2-1-3-5-8/h1-5,7H,6H2,(H2,11,15)/p+1. The van der Waals surface area contributed by atoms with E-state index >= 15 is 0 Å². The molecule has 0 atom stereocenters. The van der Waals surface area contributed by atoms with Crippen molar-refractivity contribution in [1.29, 1.82) is 0 Å². The van der Waals surface area contributed by atoms with E-state index in [0.717, 1.165) is 5.69 Å². The maximum atomic E-state index is 10.7. The molecule has 0 aliphatic rings. The molecule has 0 spiro atoms. The first-order chi connectivity index (χ1) is 7.77. The monoisotopic (exact) mass is 235 g/mol. The van der Waals surface area contributed by atoms with Crippen LogP contribution in [-0.2, 0) is 4.79 Å². The van der Waals surface area contributed by atoms with Crippen LogP contribution in [0, 0.1) is 0 Å². The second-order valence-electron chi connectivity index (χ2n) is 3.10. The van der Waals surface area contributed by atoms with Crippen LogP contribution in [0.2, 0.25) is 0 Å². The fraction of sp³-hybridized carbons (Fsp3) is 0.100. The number of benzene rings is 1. The summed E-state index contributed by atoms with van der Waals surface area (Å²) in [6.07, 6.45) is 1.58. The molecule has 1 aromatic carbocycles. The third kappa shape index (κ3) is 2.40. The van der Waals surface area contributed by atoms with E-state index in [2.05, 4.69) is 10.1 Å². The third-order valence-corrected chi connectivity index (χ3v) is 2.89. The minimum Gasteiger partial charge on any atom is -0.369 e. The number of hydrogen-bond donors (Lipinski definition) is 2. The van der Waals surface area contributed by atoms with Crippen molar-refractivity contribution >= 4 is 17.7 Å². The van der Waals surface area contributed by atoms with E-state index < -0.39 is 0 Å². The van der Waals surface area contributed by atoms with Crippen molar-refractivity contribution in [3.8, 4) is 5.69 Å². The fourth-order valence-electron chi connectivity index (χ4n) is 1.25. The number of aromatic nitrogens is 3. The van der Waals surface area contributed by atoms with Gasteiger partial charge in [-0.25, -0.2) is 0 Å². The maximum absolute atomic E-state index is 10.7. The molecule has 3 N–H and O–H groups in total. The van der Waals surface area contributed by atoms with Gasteiger partial charge in [0.15, 0.2) is 5.69 Å². The molecule has 0 saturated heterocycles. The summed E-state index contributed by atoms with van der Waals surface area (Å²) in [7, 11) is 0. The number of hydrogen-bond acceptors (Lipinski definition) is 3. The van der Waals surface area contributed by atoms with E-state index in [1.54, 1.807) is 11.0 Å². The van der Waals surface area contributed by atoms with Gasteiger partial charge in [-0.3, -0.25) is 4.79 Å². The third-order valence-electron chi connectivity index (χ3n) is 1.91. The Labute approximate surface area is 96.7 Å². The van der Waals surface area contributed by atoms with E-state index in [1.165, 1.54) is 11.8 Å². The lowest BCUT2D eigenvalue weighted by molar-refractivity contribution is -0.694. The number of carbonyl (C=O) groups is 1. The van der Waals surface area contributed by atoms with Crippen molar-refractivity contribution in [1.82, 2.24) is 10.1 Å². The van der Waals surface area contributed by atoms with E-state index in [1.807, 2.05) is 30.3 Å². The predicted molar refractivity (Wildman–Crippen MR) is 60.0 cm³/mol. The molecule has 0 saturated carbocycles. The first-order valence-electron chi connectivity index (χ1n) is 4.69. The molecule has 0 radical (unpaired) electrons. The number of amides is 1. The van der Waals surface area contributed by atoms with Gasteiger partial charge >= 0.3 is 5.16 Å². The SMILES string of the molecule is NC(=O)CSc1nc[nH][n+]1-c1ccccc1. The van der Waals surface area contributed by atoms with Crippen LogP contribution in [0.5, 0.6) is 0 Å². The normalized spacial score (nSPS) is 10.2. The zero-order chi connectivity index (χ0) is 11.4. The largest absolute Gasteiger partial charge is 0.385 e. The molecule has 0 bridgehead atoms. The lowest BCUT2D eigenvalue weighted by Gasteiger charge is -1.96. The van der Waals surface area contributed by atoms with Crippen LogP contribution < -0.4 is 10.4 Å². The van der Waals surface area contributed by atoms with Gasteiger partial charge in [0.05, 0.1) is 5.75 Å². The molecular weight excluding hydrogens is 224 g/mol. The molecule has 1 heterocycles. The minimum atomic E-state index is -0.354. The highest BCUT2D eigenvalue weighted by Crippen LogP contribution is 2.10. The summed E-state index contributed by atoms with van der Waals surface area (Å²) in [5.74, 6) is -0.134. The second-order valence-corrected chi connectivity index (χ2v) is 4.04. The number of aromatic amines is 1. The molecule has 0 aliphatic heterocycles. The van der Waals surface area contributed by atoms with Crippen LogP contribution in [-0.4, -0.2) is 21.7 Å². The molecule has 0 unspecified atom stereocenters. The van der Waals surface area contributed by atoms with Crippen molar-refractivity contribution in [3.63, 3.8) is 0 Å². The van der Waals surface area contributed by atoms with Gasteiger partial charge in [0.2, 0.25) is 12.2 Å². The van der Waals surface area contributed by atoms with Crippen LogP contribution in [0.25, 0.3) is 5.69 Å².